The number of aromatic nitrogens is 2. The number of aryl methyl sites for hydroxylation is 1. The predicted octanol–water partition coefficient (Wildman–Crippen LogP) is 6.98. The number of rotatable bonds is 11. The average Bonchev–Trinajstić information content (AvgIpc) is 2.89. The van der Waals surface area contributed by atoms with Crippen LogP contribution in [0.2, 0.25) is 0 Å². The normalized spacial score (nSPS) is 14.2. The molecule has 1 aromatic heterocycles. The fourth-order valence-corrected chi connectivity index (χ4v) is 4.03. The van der Waals surface area contributed by atoms with Crippen LogP contribution in [0.1, 0.15) is 45.6 Å². The van der Waals surface area contributed by atoms with E-state index in [0.717, 1.165) is 51.7 Å². The zero-order chi connectivity index (χ0) is 25.3. The Balaban J connectivity index is 1.49. The first-order chi connectivity index (χ1) is 17.6. The van der Waals surface area contributed by atoms with Gasteiger partial charge in [0.05, 0.1) is 24.1 Å². The summed E-state index contributed by atoms with van der Waals surface area (Å²) in [5.74, 6) is 3.62. The molecule has 2 heterocycles. The molecule has 3 aromatic rings. The van der Waals surface area contributed by atoms with Crippen LogP contribution in [0.4, 0.5) is 11.5 Å². The Bertz CT molecular complexity index is 1250. The summed E-state index contributed by atoms with van der Waals surface area (Å²) < 4.78 is 12.3. The molecule has 0 spiro atoms. The van der Waals surface area contributed by atoms with Crippen molar-refractivity contribution < 1.29 is 9.47 Å². The van der Waals surface area contributed by atoms with Crippen LogP contribution in [0.25, 0.3) is 10.9 Å². The minimum Gasteiger partial charge on any atom is -0.492 e. The molecule has 1 aliphatic rings. The number of allylic oxidation sites excluding steroid dienone is 1. The summed E-state index contributed by atoms with van der Waals surface area (Å²) >= 11 is 0. The third-order valence-corrected chi connectivity index (χ3v) is 6.02. The molecule has 7 nitrogen and oxygen atoms in total. The molecular formula is C29H35N5O2. The van der Waals surface area contributed by atoms with Crippen molar-refractivity contribution >= 4 is 28.6 Å². The molecule has 0 saturated carbocycles. The summed E-state index contributed by atoms with van der Waals surface area (Å²) in [7, 11) is 0. The van der Waals surface area contributed by atoms with Gasteiger partial charge in [0, 0.05) is 18.1 Å². The molecule has 188 valence electrons. The molecule has 0 bridgehead atoms. The third-order valence-electron chi connectivity index (χ3n) is 6.02. The van der Waals surface area contributed by atoms with E-state index in [9.17, 15) is 0 Å². The van der Waals surface area contributed by atoms with Crippen molar-refractivity contribution in [2.45, 2.75) is 47.0 Å². The highest BCUT2D eigenvalue weighted by atomic mass is 16.5. The summed E-state index contributed by atoms with van der Waals surface area (Å²) in [4.78, 5) is 9.03. The first kappa shape index (κ1) is 25.2. The number of fused-ring (bicyclic) bond motifs is 1. The Morgan fingerprint density at radius 1 is 1.17 bits per heavy atom. The van der Waals surface area contributed by atoms with E-state index in [2.05, 4.69) is 47.2 Å². The lowest BCUT2D eigenvalue weighted by Crippen LogP contribution is -2.14. The van der Waals surface area contributed by atoms with Crippen LogP contribution in [0, 0.1) is 12.8 Å². The first-order valence-electron chi connectivity index (χ1n) is 12.6. The van der Waals surface area contributed by atoms with Crippen LogP contribution in [0.5, 0.6) is 11.5 Å². The maximum absolute atomic E-state index is 6.35. The number of hydrogen-bond acceptors (Lipinski definition) is 7. The van der Waals surface area contributed by atoms with Crippen LogP contribution in [-0.2, 0) is 0 Å². The number of hydrogen-bond donors (Lipinski definition) is 1. The fourth-order valence-electron chi connectivity index (χ4n) is 4.03. The van der Waals surface area contributed by atoms with Crippen LogP contribution in [0.3, 0.4) is 0 Å². The van der Waals surface area contributed by atoms with Gasteiger partial charge in [-0.25, -0.2) is 9.97 Å². The number of nitrogens with zero attached hydrogens (tertiary/aromatic N) is 4. The van der Waals surface area contributed by atoms with Crippen molar-refractivity contribution in [3.8, 4) is 11.5 Å². The van der Waals surface area contributed by atoms with Gasteiger partial charge in [0.25, 0.3) is 0 Å². The topological polar surface area (TPSA) is 71.9 Å². The van der Waals surface area contributed by atoms with Gasteiger partial charge in [-0.2, -0.15) is 5.10 Å². The molecular weight excluding hydrogens is 450 g/mol. The van der Waals surface area contributed by atoms with E-state index < -0.39 is 0 Å². The van der Waals surface area contributed by atoms with E-state index >= 15 is 0 Å². The second-order valence-electron chi connectivity index (χ2n) is 9.06. The van der Waals surface area contributed by atoms with Gasteiger partial charge >= 0.3 is 0 Å². The molecule has 0 amide bonds. The van der Waals surface area contributed by atoms with Crippen molar-refractivity contribution in [2.75, 3.05) is 18.5 Å². The fraction of sp³-hybridized carbons (Fsp3) is 0.345. The van der Waals surface area contributed by atoms with Gasteiger partial charge in [0.15, 0.2) is 0 Å². The standard InChI is InChI=1S/C29H35N5O2/c1-5-7-8-21(3)19-35-28-22(4)9-14-26-27(28)29(31-20-30-26)33-23-10-12-24(13-11-23)36-25-15-17-34(18-16-25)32-6-2/h6,9-17,20-21H,5,7-8,18-19H2,1-4H3,(H,30,31,33)/b32-6-. The Kier molecular flexibility index (Phi) is 8.55. The van der Waals surface area contributed by atoms with E-state index in [1.54, 1.807) is 12.5 Å². The molecule has 0 saturated heterocycles. The maximum atomic E-state index is 6.35. The third kappa shape index (κ3) is 6.42. The summed E-state index contributed by atoms with van der Waals surface area (Å²) in [5, 5.41) is 10.4. The van der Waals surface area contributed by atoms with E-state index in [-0.39, 0.29) is 0 Å². The van der Waals surface area contributed by atoms with E-state index in [0.29, 0.717) is 19.1 Å². The molecule has 1 N–H and O–H groups in total. The van der Waals surface area contributed by atoms with Crippen LogP contribution in [-0.4, -0.2) is 34.3 Å². The van der Waals surface area contributed by atoms with Gasteiger partial charge in [0.2, 0.25) is 0 Å². The van der Waals surface area contributed by atoms with Gasteiger partial charge in [-0.1, -0.05) is 32.8 Å². The Labute approximate surface area is 213 Å². The Morgan fingerprint density at radius 2 is 2.00 bits per heavy atom. The lowest BCUT2D eigenvalue weighted by atomic mass is 10.1. The average molecular weight is 486 g/mol. The lowest BCUT2D eigenvalue weighted by molar-refractivity contribution is 0.251. The summed E-state index contributed by atoms with van der Waals surface area (Å²) in [6, 6.07) is 11.9. The van der Waals surface area contributed by atoms with Crippen molar-refractivity contribution in [1.82, 2.24) is 15.0 Å². The molecule has 1 unspecified atom stereocenters. The molecule has 2 aromatic carbocycles. The smallest absolute Gasteiger partial charge is 0.145 e. The Hall–Kier alpha value is -3.87. The summed E-state index contributed by atoms with van der Waals surface area (Å²) in [6.07, 6.45) is 12.7. The summed E-state index contributed by atoms with van der Waals surface area (Å²) in [6.45, 7) is 9.77. The highest BCUT2D eigenvalue weighted by molar-refractivity contribution is 5.96. The Morgan fingerprint density at radius 3 is 2.72 bits per heavy atom. The lowest BCUT2D eigenvalue weighted by Gasteiger charge is -2.18. The summed E-state index contributed by atoms with van der Waals surface area (Å²) in [5.41, 5.74) is 2.83. The van der Waals surface area contributed by atoms with Gasteiger partial charge in [0.1, 0.15) is 29.4 Å². The van der Waals surface area contributed by atoms with Gasteiger partial charge in [-0.3, -0.25) is 5.01 Å². The highest BCUT2D eigenvalue weighted by Crippen LogP contribution is 2.35. The number of benzene rings is 2. The van der Waals surface area contributed by atoms with E-state index in [1.807, 2.05) is 60.6 Å². The maximum Gasteiger partial charge on any atom is 0.145 e. The largest absolute Gasteiger partial charge is 0.492 e. The van der Waals surface area contributed by atoms with E-state index in [1.165, 1.54) is 12.8 Å². The number of anilines is 2. The predicted molar refractivity (Wildman–Crippen MR) is 147 cm³/mol. The monoisotopic (exact) mass is 485 g/mol. The van der Waals surface area contributed by atoms with Crippen molar-refractivity contribution in [3.05, 3.63) is 72.4 Å². The SMILES string of the molecule is C/C=N\N1C=CC(Oc2ccc(Nc3ncnc4ccc(C)c(OCC(C)CCCC)c34)cc2)=CC1. The quantitative estimate of drug-likeness (QED) is 0.295. The van der Waals surface area contributed by atoms with Crippen LogP contribution < -0.4 is 14.8 Å². The van der Waals surface area contributed by atoms with Crippen LogP contribution in [0.15, 0.2) is 71.9 Å². The van der Waals surface area contributed by atoms with E-state index in [4.69, 9.17) is 9.47 Å². The number of unbranched alkanes of at least 4 members (excludes halogenated alkanes) is 1. The molecule has 0 fully saturated rings. The van der Waals surface area contributed by atoms with Gasteiger partial charge < -0.3 is 14.8 Å². The molecule has 7 heteroatoms. The first-order valence-corrected chi connectivity index (χ1v) is 12.6. The number of hydrazone groups is 1. The molecule has 4 rings (SSSR count). The van der Waals surface area contributed by atoms with Gasteiger partial charge in [-0.15, -0.1) is 0 Å². The van der Waals surface area contributed by atoms with Gasteiger partial charge in [-0.05, 0) is 74.2 Å². The minimum absolute atomic E-state index is 0.491. The van der Waals surface area contributed by atoms with Crippen molar-refractivity contribution in [1.29, 1.82) is 0 Å². The zero-order valence-corrected chi connectivity index (χ0v) is 21.6. The second-order valence-corrected chi connectivity index (χ2v) is 9.06. The molecule has 0 aliphatic carbocycles. The molecule has 0 radical (unpaired) electrons. The minimum atomic E-state index is 0.491. The van der Waals surface area contributed by atoms with Crippen molar-refractivity contribution in [3.63, 3.8) is 0 Å². The zero-order valence-electron chi connectivity index (χ0n) is 21.6. The molecule has 1 atom stereocenters. The van der Waals surface area contributed by atoms with Crippen molar-refractivity contribution in [2.24, 2.45) is 11.0 Å². The number of nitrogens with one attached hydrogen (secondary N) is 1. The van der Waals surface area contributed by atoms with Crippen LogP contribution >= 0.6 is 0 Å². The number of ether oxygens (including phenoxy) is 2. The second kappa shape index (κ2) is 12.2. The molecule has 36 heavy (non-hydrogen) atoms. The molecule has 1 aliphatic heterocycles. The highest BCUT2D eigenvalue weighted by Gasteiger charge is 2.15.